The van der Waals surface area contributed by atoms with E-state index in [1.807, 2.05) is 12.1 Å². The Balaban J connectivity index is 2.71. The molecule has 1 aromatic carbocycles. The minimum Gasteiger partial charge on any atom is -0.496 e. The second-order valence-electron chi connectivity index (χ2n) is 6.34. The van der Waals surface area contributed by atoms with Crippen LogP contribution in [0.1, 0.15) is 57.0 Å². The lowest BCUT2D eigenvalue weighted by atomic mass is 9.86. The van der Waals surface area contributed by atoms with E-state index in [2.05, 4.69) is 45.6 Å². The van der Waals surface area contributed by atoms with Gasteiger partial charge in [-0.3, -0.25) is 4.79 Å². The molecule has 0 aromatic heterocycles. The maximum absolute atomic E-state index is 11.3. The molecule has 0 amide bonds. The molecule has 0 bridgehead atoms. The summed E-state index contributed by atoms with van der Waals surface area (Å²) in [6, 6.07) is 4.36. The third-order valence-electron chi connectivity index (χ3n) is 4.38. The van der Waals surface area contributed by atoms with Crippen molar-refractivity contribution in [1.82, 2.24) is 0 Å². The van der Waals surface area contributed by atoms with Gasteiger partial charge in [-0.25, -0.2) is 0 Å². The molecule has 21 heavy (non-hydrogen) atoms. The minimum atomic E-state index is -0.0553. The normalized spacial score (nSPS) is 17.8. The molecule has 0 unspecified atom stereocenters. The van der Waals surface area contributed by atoms with Crippen LogP contribution in [0.2, 0.25) is 0 Å². The van der Waals surface area contributed by atoms with Gasteiger partial charge < -0.3 is 9.64 Å². The Morgan fingerprint density at radius 3 is 2.57 bits per heavy atom. The summed E-state index contributed by atoms with van der Waals surface area (Å²) in [6.45, 7) is 11.0. The third-order valence-corrected chi connectivity index (χ3v) is 4.38. The Hall–Kier alpha value is -1.77. The van der Waals surface area contributed by atoms with E-state index in [0.717, 1.165) is 24.0 Å². The van der Waals surface area contributed by atoms with Crippen LogP contribution in [0, 0.1) is 0 Å². The molecule has 0 radical (unpaired) electrons. The van der Waals surface area contributed by atoms with Crippen LogP contribution in [-0.2, 0) is 0 Å². The monoisotopic (exact) mass is 287 g/mol. The Bertz CT molecular complexity index is 587. The Morgan fingerprint density at radius 2 is 2.05 bits per heavy atom. The molecular weight excluding hydrogens is 262 g/mol. The number of allylic oxidation sites excluding steroid dienone is 1. The van der Waals surface area contributed by atoms with Crippen molar-refractivity contribution >= 4 is 17.5 Å². The highest BCUT2D eigenvalue weighted by molar-refractivity contribution is 5.89. The van der Waals surface area contributed by atoms with E-state index in [1.54, 1.807) is 7.11 Å². The van der Waals surface area contributed by atoms with Crippen molar-refractivity contribution in [3.63, 3.8) is 0 Å². The van der Waals surface area contributed by atoms with Crippen molar-refractivity contribution in [2.75, 3.05) is 12.0 Å². The molecule has 0 spiro atoms. The van der Waals surface area contributed by atoms with E-state index in [4.69, 9.17) is 4.74 Å². The van der Waals surface area contributed by atoms with E-state index in [-0.39, 0.29) is 5.54 Å². The van der Waals surface area contributed by atoms with Crippen LogP contribution in [0.25, 0.3) is 5.57 Å². The first kappa shape index (κ1) is 15.6. The summed E-state index contributed by atoms with van der Waals surface area (Å²) < 4.78 is 5.39. The van der Waals surface area contributed by atoms with Gasteiger partial charge >= 0.3 is 0 Å². The number of nitrogens with zero attached hydrogens (tertiary/aromatic N) is 1. The first-order valence-electron chi connectivity index (χ1n) is 7.52. The van der Waals surface area contributed by atoms with Gasteiger partial charge in [0, 0.05) is 23.4 Å². The first-order chi connectivity index (χ1) is 9.85. The molecule has 0 aliphatic carbocycles. The van der Waals surface area contributed by atoms with Crippen molar-refractivity contribution in [2.45, 2.75) is 52.6 Å². The van der Waals surface area contributed by atoms with Crippen molar-refractivity contribution in [2.24, 2.45) is 0 Å². The van der Waals surface area contributed by atoms with Gasteiger partial charge in [-0.2, -0.15) is 0 Å². The zero-order valence-electron chi connectivity index (χ0n) is 13.9. The summed E-state index contributed by atoms with van der Waals surface area (Å²) >= 11 is 0. The molecule has 1 atom stereocenters. The van der Waals surface area contributed by atoms with Crippen LogP contribution in [0.3, 0.4) is 0 Å². The minimum absolute atomic E-state index is 0.0553. The molecular formula is C18H25NO2. The van der Waals surface area contributed by atoms with E-state index in [1.165, 1.54) is 5.57 Å². The molecule has 1 heterocycles. The Kier molecular flexibility index (Phi) is 4.13. The number of carbonyl (C=O) groups excluding carboxylic acids is 1. The number of rotatable bonds is 4. The van der Waals surface area contributed by atoms with Crippen LogP contribution in [-0.4, -0.2) is 25.0 Å². The average molecular weight is 287 g/mol. The van der Waals surface area contributed by atoms with Crippen LogP contribution in [0.15, 0.2) is 18.2 Å². The van der Waals surface area contributed by atoms with Crippen molar-refractivity contribution in [1.29, 1.82) is 0 Å². The summed E-state index contributed by atoms with van der Waals surface area (Å²) in [7, 11) is 1.61. The predicted octanol–water partition coefficient (Wildman–Crippen LogP) is 4.31. The zero-order valence-corrected chi connectivity index (χ0v) is 13.9. The standard InChI is InChI=1S/C18H25NO2/c1-7-13(3)19-16-9-17(21-6)14(11-20)8-15(16)12(2)10-18(19,4)5/h8-11,13H,7H2,1-6H3/t13-/m1/s1. The molecule has 3 nitrogen and oxygen atoms in total. The fourth-order valence-electron chi connectivity index (χ4n) is 3.35. The lowest BCUT2D eigenvalue weighted by Crippen LogP contribution is -2.50. The van der Waals surface area contributed by atoms with Gasteiger partial charge in [0.2, 0.25) is 0 Å². The number of aldehydes is 1. The molecule has 0 fully saturated rings. The number of fused-ring (bicyclic) bond motifs is 1. The van der Waals surface area contributed by atoms with E-state index >= 15 is 0 Å². The fraction of sp³-hybridized carbons (Fsp3) is 0.500. The quantitative estimate of drug-likeness (QED) is 0.773. The highest BCUT2D eigenvalue weighted by Gasteiger charge is 2.34. The summed E-state index contributed by atoms with van der Waals surface area (Å²) in [6.07, 6.45) is 4.20. The van der Waals surface area contributed by atoms with E-state index in [9.17, 15) is 4.79 Å². The predicted molar refractivity (Wildman–Crippen MR) is 88.3 cm³/mol. The summed E-state index contributed by atoms with van der Waals surface area (Å²) in [4.78, 5) is 13.7. The largest absolute Gasteiger partial charge is 0.496 e. The molecule has 0 saturated carbocycles. The first-order valence-corrected chi connectivity index (χ1v) is 7.52. The van der Waals surface area contributed by atoms with Gasteiger partial charge in [0.15, 0.2) is 6.29 Å². The summed E-state index contributed by atoms with van der Waals surface area (Å²) in [5.74, 6) is 0.641. The number of methoxy groups -OCH3 is 1. The zero-order chi connectivity index (χ0) is 15.8. The topological polar surface area (TPSA) is 29.5 Å². The highest BCUT2D eigenvalue weighted by atomic mass is 16.5. The van der Waals surface area contributed by atoms with E-state index < -0.39 is 0 Å². The number of hydrogen-bond acceptors (Lipinski definition) is 3. The molecule has 1 aliphatic rings. The number of ether oxygens (including phenoxy) is 1. The van der Waals surface area contributed by atoms with Crippen LogP contribution < -0.4 is 9.64 Å². The number of hydrogen-bond donors (Lipinski definition) is 0. The molecule has 114 valence electrons. The van der Waals surface area contributed by atoms with Gasteiger partial charge in [0.25, 0.3) is 0 Å². The molecule has 1 aliphatic heterocycles. The van der Waals surface area contributed by atoms with Crippen LogP contribution in [0.4, 0.5) is 5.69 Å². The van der Waals surface area contributed by atoms with Crippen molar-refractivity contribution < 1.29 is 9.53 Å². The van der Waals surface area contributed by atoms with Crippen molar-refractivity contribution in [3.05, 3.63) is 29.3 Å². The molecule has 3 heteroatoms. The fourth-order valence-corrected chi connectivity index (χ4v) is 3.35. The number of carbonyl (C=O) groups is 1. The number of benzene rings is 1. The molecule has 1 aromatic rings. The van der Waals surface area contributed by atoms with Crippen LogP contribution in [0.5, 0.6) is 5.75 Å². The van der Waals surface area contributed by atoms with Gasteiger partial charge in [-0.05, 0) is 45.8 Å². The SMILES string of the molecule is CC[C@@H](C)N1c2cc(OC)c(C=O)cc2C(C)=CC1(C)C. The molecule has 2 rings (SSSR count). The van der Waals surface area contributed by atoms with Gasteiger partial charge in [0.05, 0.1) is 18.2 Å². The van der Waals surface area contributed by atoms with Gasteiger partial charge in [0.1, 0.15) is 5.75 Å². The van der Waals surface area contributed by atoms with Crippen LogP contribution >= 0.6 is 0 Å². The Morgan fingerprint density at radius 1 is 1.38 bits per heavy atom. The summed E-state index contributed by atoms with van der Waals surface area (Å²) in [5.41, 5.74) is 4.03. The maximum Gasteiger partial charge on any atom is 0.153 e. The third kappa shape index (κ3) is 2.57. The number of anilines is 1. The summed E-state index contributed by atoms with van der Waals surface area (Å²) in [5, 5.41) is 0. The molecule has 0 N–H and O–H groups in total. The highest BCUT2D eigenvalue weighted by Crippen LogP contribution is 2.43. The lowest BCUT2D eigenvalue weighted by molar-refractivity contribution is 0.112. The Labute approximate surface area is 127 Å². The van der Waals surface area contributed by atoms with Crippen molar-refractivity contribution in [3.8, 4) is 5.75 Å². The average Bonchev–Trinajstić information content (AvgIpc) is 2.44. The van der Waals surface area contributed by atoms with Gasteiger partial charge in [-0.1, -0.05) is 13.0 Å². The molecule has 0 saturated heterocycles. The second kappa shape index (κ2) is 5.55. The smallest absolute Gasteiger partial charge is 0.153 e. The lowest BCUT2D eigenvalue weighted by Gasteiger charge is -2.47. The van der Waals surface area contributed by atoms with E-state index in [0.29, 0.717) is 17.4 Å². The second-order valence-corrected chi connectivity index (χ2v) is 6.34. The maximum atomic E-state index is 11.3. The van der Waals surface area contributed by atoms with Gasteiger partial charge in [-0.15, -0.1) is 0 Å².